The third kappa shape index (κ3) is 3.44. The molecule has 4 nitrogen and oxygen atoms in total. The van der Waals surface area contributed by atoms with Crippen LogP contribution in [0, 0.1) is 11.6 Å². The van der Waals surface area contributed by atoms with Crippen molar-refractivity contribution in [3.05, 3.63) is 54.1 Å². The first-order chi connectivity index (χ1) is 12.2. The molecule has 0 atom stereocenters. The predicted molar refractivity (Wildman–Crippen MR) is 99.2 cm³/mol. The molecule has 2 aromatic carbocycles. The maximum atomic E-state index is 13.7. The van der Waals surface area contributed by atoms with Crippen molar-refractivity contribution in [1.29, 1.82) is 0 Å². The van der Waals surface area contributed by atoms with Gasteiger partial charge in [-0.15, -0.1) is 0 Å². The number of halogens is 2. The molecule has 0 saturated carbocycles. The van der Waals surface area contributed by atoms with Gasteiger partial charge in [0.2, 0.25) is 0 Å². The lowest BCUT2D eigenvalue weighted by atomic mass is 10.2. The van der Waals surface area contributed by atoms with Crippen LogP contribution in [0.3, 0.4) is 0 Å². The fourth-order valence-electron chi connectivity index (χ4n) is 3.16. The van der Waals surface area contributed by atoms with Crippen LogP contribution in [0.25, 0.3) is 0 Å². The Bertz CT molecular complexity index is 752. The molecule has 0 aliphatic carbocycles. The van der Waals surface area contributed by atoms with Gasteiger partial charge in [-0.3, -0.25) is 13.5 Å². The van der Waals surface area contributed by atoms with Crippen LogP contribution >= 0.6 is 12.1 Å². The monoisotopic (exact) mass is 362 g/mol. The van der Waals surface area contributed by atoms with Crippen LogP contribution in [0.2, 0.25) is 0 Å². The number of anilines is 3. The van der Waals surface area contributed by atoms with Gasteiger partial charge in [-0.2, -0.15) is 0 Å². The Morgan fingerprint density at radius 2 is 1.68 bits per heavy atom. The van der Waals surface area contributed by atoms with Gasteiger partial charge in [0, 0.05) is 45.3 Å². The molecule has 0 aromatic heterocycles. The zero-order chi connectivity index (χ0) is 17.2. The van der Waals surface area contributed by atoms with E-state index in [2.05, 4.69) is 20.6 Å². The summed E-state index contributed by atoms with van der Waals surface area (Å²) in [6.45, 7) is 6.05. The second-order valence-electron chi connectivity index (χ2n) is 6.16. The quantitative estimate of drug-likeness (QED) is 0.840. The first-order valence-corrected chi connectivity index (χ1v) is 9.18. The lowest BCUT2D eigenvalue weighted by Gasteiger charge is -2.29. The van der Waals surface area contributed by atoms with Gasteiger partial charge in [0.25, 0.3) is 0 Å². The van der Waals surface area contributed by atoms with Gasteiger partial charge in [-0.1, -0.05) is 12.1 Å². The van der Waals surface area contributed by atoms with Gasteiger partial charge in [-0.25, -0.2) is 8.78 Å². The van der Waals surface area contributed by atoms with Crippen molar-refractivity contribution in [3.63, 3.8) is 0 Å². The summed E-state index contributed by atoms with van der Waals surface area (Å²) in [6.07, 6.45) is 0. The Morgan fingerprint density at radius 1 is 0.920 bits per heavy atom. The zero-order valence-corrected chi connectivity index (χ0v) is 14.6. The zero-order valence-electron chi connectivity index (χ0n) is 13.8. The van der Waals surface area contributed by atoms with E-state index >= 15 is 0 Å². The Balaban J connectivity index is 1.53. The third-order valence-electron chi connectivity index (χ3n) is 4.52. The van der Waals surface area contributed by atoms with Crippen molar-refractivity contribution in [3.8, 4) is 0 Å². The number of fused-ring (bicyclic) bond motifs is 1. The molecule has 0 amide bonds. The Kier molecular flexibility index (Phi) is 4.78. The first kappa shape index (κ1) is 16.6. The standard InChI is InChI=1S/C18H20F2N4S/c19-15-6-5-14(13-16(15)20)24-18-4-2-1-3-17(18)23(25-24)12-11-22-9-7-21-8-10-22/h1-6,13,21H,7-12H2. The van der Waals surface area contributed by atoms with E-state index in [4.69, 9.17) is 0 Å². The number of hydrogen-bond donors (Lipinski definition) is 1. The van der Waals surface area contributed by atoms with Crippen LogP contribution in [-0.4, -0.2) is 44.2 Å². The molecule has 0 spiro atoms. The van der Waals surface area contributed by atoms with Crippen LogP contribution in [0.5, 0.6) is 0 Å². The van der Waals surface area contributed by atoms with Crippen molar-refractivity contribution in [2.45, 2.75) is 0 Å². The van der Waals surface area contributed by atoms with Crippen LogP contribution in [0.15, 0.2) is 42.5 Å². The van der Waals surface area contributed by atoms with Crippen LogP contribution < -0.4 is 13.9 Å². The second kappa shape index (κ2) is 7.19. The second-order valence-corrected chi connectivity index (χ2v) is 7.13. The number of rotatable bonds is 4. The minimum atomic E-state index is -0.824. The van der Waals surface area contributed by atoms with E-state index in [0.717, 1.165) is 50.6 Å². The molecule has 4 rings (SSSR count). The van der Waals surface area contributed by atoms with E-state index in [1.807, 2.05) is 22.5 Å². The maximum Gasteiger partial charge on any atom is 0.160 e. The highest BCUT2D eigenvalue weighted by Crippen LogP contribution is 2.48. The van der Waals surface area contributed by atoms with E-state index in [-0.39, 0.29) is 0 Å². The average Bonchev–Trinajstić information content (AvgIpc) is 3.02. The molecule has 7 heteroatoms. The molecule has 0 radical (unpaired) electrons. The molecule has 0 bridgehead atoms. The summed E-state index contributed by atoms with van der Waals surface area (Å²) in [4.78, 5) is 2.44. The molecule has 0 unspecified atom stereocenters. The van der Waals surface area contributed by atoms with Crippen molar-refractivity contribution in [2.24, 2.45) is 0 Å². The van der Waals surface area contributed by atoms with Gasteiger partial charge >= 0.3 is 0 Å². The van der Waals surface area contributed by atoms with E-state index in [0.29, 0.717) is 5.69 Å². The number of nitrogens with one attached hydrogen (secondary N) is 1. The van der Waals surface area contributed by atoms with Crippen LogP contribution in [0.4, 0.5) is 25.8 Å². The summed E-state index contributed by atoms with van der Waals surface area (Å²) in [7, 11) is 0. The topological polar surface area (TPSA) is 21.8 Å². The van der Waals surface area contributed by atoms with E-state index in [1.54, 1.807) is 6.07 Å². The van der Waals surface area contributed by atoms with Crippen molar-refractivity contribution in [2.75, 3.05) is 47.9 Å². The Hall–Kier alpha value is -1.83. The van der Waals surface area contributed by atoms with Crippen LogP contribution in [0.1, 0.15) is 0 Å². The lowest BCUT2D eigenvalue weighted by Crippen LogP contribution is -2.45. The Morgan fingerprint density at radius 3 is 2.44 bits per heavy atom. The van der Waals surface area contributed by atoms with E-state index in [1.165, 1.54) is 24.3 Å². The SMILES string of the molecule is Fc1ccc(N2SN(CCN3CCNCC3)c3ccccc32)cc1F. The molecule has 132 valence electrons. The van der Waals surface area contributed by atoms with Crippen molar-refractivity contribution >= 4 is 29.2 Å². The minimum absolute atomic E-state index is 0.640. The van der Waals surface area contributed by atoms with E-state index in [9.17, 15) is 8.78 Å². The summed E-state index contributed by atoms with van der Waals surface area (Å²) in [5.41, 5.74) is 2.74. The van der Waals surface area contributed by atoms with E-state index < -0.39 is 11.6 Å². The van der Waals surface area contributed by atoms with Gasteiger partial charge < -0.3 is 5.32 Å². The molecule has 2 aliphatic rings. The first-order valence-electron chi connectivity index (χ1n) is 8.45. The predicted octanol–water partition coefficient (Wildman–Crippen LogP) is 3.39. The normalized spacial score (nSPS) is 17.8. The molecule has 1 saturated heterocycles. The van der Waals surface area contributed by atoms with Gasteiger partial charge in [0.15, 0.2) is 11.6 Å². The number of benzene rings is 2. The molecule has 2 aliphatic heterocycles. The summed E-state index contributed by atoms with van der Waals surface area (Å²) in [5, 5.41) is 3.36. The molecule has 2 aromatic rings. The largest absolute Gasteiger partial charge is 0.314 e. The summed E-state index contributed by atoms with van der Waals surface area (Å²) in [5.74, 6) is -1.65. The summed E-state index contributed by atoms with van der Waals surface area (Å²) in [6, 6.07) is 12.1. The van der Waals surface area contributed by atoms with Crippen LogP contribution in [-0.2, 0) is 0 Å². The molecule has 1 N–H and O–H groups in total. The number of hydrogen-bond acceptors (Lipinski definition) is 5. The Labute approximate surface area is 150 Å². The summed E-state index contributed by atoms with van der Waals surface area (Å²) < 4.78 is 31.1. The van der Waals surface area contributed by atoms with Gasteiger partial charge in [0.05, 0.1) is 29.2 Å². The summed E-state index contributed by atoms with van der Waals surface area (Å²) >= 11 is 1.53. The molecule has 1 fully saturated rings. The maximum absolute atomic E-state index is 13.7. The highest BCUT2D eigenvalue weighted by molar-refractivity contribution is 8.02. The average molecular weight is 362 g/mol. The lowest BCUT2D eigenvalue weighted by molar-refractivity contribution is 0.248. The smallest absolute Gasteiger partial charge is 0.160 e. The number of piperazine rings is 1. The van der Waals surface area contributed by atoms with Gasteiger partial charge in [0.1, 0.15) is 0 Å². The fourth-order valence-corrected chi connectivity index (χ4v) is 4.21. The third-order valence-corrected chi connectivity index (χ3v) is 5.66. The molecular weight excluding hydrogens is 342 g/mol. The van der Waals surface area contributed by atoms with Crippen molar-refractivity contribution < 1.29 is 8.78 Å². The molecule has 25 heavy (non-hydrogen) atoms. The minimum Gasteiger partial charge on any atom is -0.314 e. The number of para-hydroxylation sites is 2. The highest BCUT2D eigenvalue weighted by atomic mass is 32.2. The fraction of sp³-hybridized carbons (Fsp3) is 0.333. The number of nitrogens with zero attached hydrogens (tertiary/aromatic N) is 3. The van der Waals surface area contributed by atoms with Gasteiger partial charge in [-0.05, 0) is 24.3 Å². The molecular formula is C18H20F2N4S. The highest BCUT2D eigenvalue weighted by Gasteiger charge is 2.29. The van der Waals surface area contributed by atoms with Crippen molar-refractivity contribution in [1.82, 2.24) is 10.2 Å². The molecule has 2 heterocycles.